The van der Waals surface area contributed by atoms with Crippen molar-refractivity contribution in [1.29, 1.82) is 0 Å². The second-order valence-corrected chi connectivity index (χ2v) is 5.30. The lowest BCUT2D eigenvalue weighted by atomic mass is 10.1. The molecule has 4 nitrogen and oxygen atoms in total. The summed E-state index contributed by atoms with van der Waals surface area (Å²) in [4.78, 5) is 0. The highest BCUT2D eigenvalue weighted by molar-refractivity contribution is 5.93. The maximum atomic E-state index is 9.39. The van der Waals surface area contributed by atoms with Crippen molar-refractivity contribution in [3.8, 4) is 23.0 Å². The minimum Gasteiger partial charge on any atom is -0.507 e. The lowest BCUT2D eigenvalue weighted by molar-refractivity contribution is 0.463. The molecule has 0 unspecified atom stereocenters. The largest absolute Gasteiger partial charge is 0.507 e. The van der Waals surface area contributed by atoms with E-state index in [2.05, 4.69) is 0 Å². The van der Waals surface area contributed by atoms with Crippen LogP contribution in [-0.4, -0.2) is 20.4 Å². The average Bonchev–Trinajstić information content (AvgIpc) is 2.56. The highest BCUT2D eigenvalue weighted by atomic mass is 16.3. The third-order valence-corrected chi connectivity index (χ3v) is 3.72. The molecule has 4 aromatic rings. The number of fused-ring (bicyclic) bond motifs is 2. The Bertz CT molecular complexity index is 852. The maximum Gasteiger partial charge on any atom is 0.127 e. The zero-order valence-corrected chi connectivity index (χ0v) is 12.7. The molecule has 0 radical (unpaired) electrons. The Labute approximate surface area is 138 Å². The molecule has 0 aliphatic heterocycles. The maximum absolute atomic E-state index is 9.39. The fourth-order valence-corrected chi connectivity index (χ4v) is 2.60. The van der Waals surface area contributed by atoms with Crippen molar-refractivity contribution in [3.05, 3.63) is 72.8 Å². The number of hydrogen-bond acceptors (Lipinski definition) is 4. The number of phenolic OH excluding ortho intramolecular Hbond substituents is 4. The van der Waals surface area contributed by atoms with Crippen molar-refractivity contribution in [2.45, 2.75) is 0 Å². The summed E-state index contributed by atoms with van der Waals surface area (Å²) in [5, 5.41) is 40.3. The van der Waals surface area contributed by atoms with Crippen molar-refractivity contribution in [1.82, 2.24) is 0 Å². The lowest BCUT2D eigenvalue weighted by Crippen LogP contribution is -1.73. The van der Waals surface area contributed by atoms with E-state index in [9.17, 15) is 20.4 Å². The SMILES string of the molecule is Oc1cccc2cccc(O)c12.Oc1cccc2cccc(O)c12. The van der Waals surface area contributed by atoms with E-state index < -0.39 is 0 Å². The van der Waals surface area contributed by atoms with Crippen molar-refractivity contribution in [2.75, 3.05) is 0 Å². The summed E-state index contributed by atoms with van der Waals surface area (Å²) in [7, 11) is 0. The topological polar surface area (TPSA) is 80.9 Å². The Morgan fingerprint density at radius 1 is 0.375 bits per heavy atom. The van der Waals surface area contributed by atoms with Crippen molar-refractivity contribution in [3.63, 3.8) is 0 Å². The van der Waals surface area contributed by atoms with Gasteiger partial charge < -0.3 is 20.4 Å². The van der Waals surface area contributed by atoms with Crippen molar-refractivity contribution >= 4 is 21.5 Å². The smallest absolute Gasteiger partial charge is 0.127 e. The molecular formula is C20H16O4. The van der Waals surface area contributed by atoms with E-state index in [4.69, 9.17) is 0 Å². The molecule has 0 saturated heterocycles. The molecule has 4 rings (SSSR count). The molecule has 4 N–H and O–H groups in total. The van der Waals surface area contributed by atoms with Crippen LogP contribution in [0.25, 0.3) is 21.5 Å². The van der Waals surface area contributed by atoms with Crippen LogP contribution in [0.1, 0.15) is 0 Å². The summed E-state index contributed by atoms with van der Waals surface area (Å²) in [6, 6.07) is 20.6. The van der Waals surface area contributed by atoms with E-state index in [0.29, 0.717) is 10.8 Å². The van der Waals surface area contributed by atoms with Crippen molar-refractivity contribution < 1.29 is 20.4 Å². The van der Waals surface area contributed by atoms with E-state index in [1.54, 1.807) is 48.5 Å². The number of phenols is 4. The molecular weight excluding hydrogens is 304 g/mol. The minimum absolute atomic E-state index is 0.116. The van der Waals surface area contributed by atoms with Crippen LogP contribution in [0.3, 0.4) is 0 Å². The van der Waals surface area contributed by atoms with Gasteiger partial charge in [-0.1, -0.05) is 48.5 Å². The van der Waals surface area contributed by atoms with Gasteiger partial charge in [0.2, 0.25) is 0 Å². The molecule has 0 saturated carbocycles. The Kier molecular flexibility index (Phi) is 4.12. The molecule has 0 heterocycles. The van der Waals surface area contributed by atoms with Gasteiger partial charge >= 0.3 is 0 Å². The second-order valence-electron chi connectivity index (χ2n) is 5.30. The van der Waals surface area contributed by atoms with Gasteiger partial charge in [-0.3, -0.25) is 0 Å². The molecule has 0 bridgehead atoms. The van der Waals surface area contributed by atoms with E-state index in [0.717, 1.165) is 10.8 Å². The van der Waals surface area contributed by atoms with Gasteiger partial charge in [0.1, 0.15) is 23.0 Å². The Morgan fingerprint density at radius 2 is 0.625 bits per heavy atom. The summed E-state index contributed by atoms with van der Waals surface area (Å²) < 4.78 is 0. The first-order chi connectivity index (χ1) is 11.6. The quantitative estimate of drug-likeness (QED) is 0.384. The molecule has 0 aliphatic carbocycles. The Morgan fingerprint density at radius 3 is 0.833 bits per heavy atom. The Hall–Kier alpha value is -3.40. The van der Waals surface area contributed by atoms with E-state index in [1.807, 2.05) is 24.3 Å². The molecule has 0 amide bonds. The van der Waals surface area contributed by atoms with E-state index >= 15 is 0 Å². The van der Waals surface area contributed by atoms with Crippen LogP contribution in [0.2, 0.25) is 0 Å². The molecule has 4 aromatic carbocycles. The Balaban J connectivity index is 0.000000141. The molecule has 0 fully saturated rings. The van der Waals surface area contributed by atoms with Crippen LogP contribution in [0, 0.1) is 0 Å². The van der Waals surface area contributed by atoms with Gasteiger partial charge in [0.05, 0.1) is 10.8 Å². The van der Waals surface area contributed by atoms with Crippen LogP contribution in [0.15, 0.2) is 72.8 Å². The monoisotopic (exact) mass is 320 g/mol. The normalized spacial score (nSPS) is 10.3. The molecule has 0 aliphatic rings. The third-order valence-electron chi connectivity index (χ3n) is 3.72. The summed E-state index contributed by atoms with van der Waals surface area (Å²) in [5.74, 6) is 0.465. The van der Waals surface area contributed by atoms with Crippen LogP contribution >= 0.6 is 0 Å². The van der Waals surface area contributed by atoms with E-state index in [1.165, 1.54) is 0 Å². The minimum atomic E-state index is 0.116. The van der Waals surface area contributed by atoms with Gasteiger partial charge in [0.15, 0.2) is 0 Å². The highest BCUT2D eigenvalue weighted by Gasteiger charge is 2.03. The van der Waals surface area contributed by atoms with Crippen LogP contribution in [0.5, 0.6) is 23.0 Å². The third kappa shape index (κ3) is 2.90. The second kappa shape index (κ2) is 6.38. The van der Waals surface area contributed by atoms with Gasteiger partial charge in [0, 0.05) is 0 Å². The first kappa shape index (κ1) is 15.5. The first-order valence-corrected chi connectivity index (χ1v) is 7.37. The molecule has 0 aromatic heterocycles. The molecule has 24 heavy (non-hydrogen) atoms. The molecule has 0 spiro atoms. The summed E-state index contributed by atoms with van der Waals surface area (Å²) in [5.41, 5.74) is 0. The van der Waals surface area contributed by atoms with Gasteiger partial charge in [0.25, 0.3) is 0 Å². The highest BCUT2D eigenvalue weighted by Crippen LogP contribution is 2.32. The van der Waals surface area contributed by atoms with Crippen LogP contribution in [0.4, 0.5) is 0 Å². The number of hydrogen-bond donors (Lipinski definition) is 4. The fourth-order valence-electron chi connectivity index (χ4n) is 2.60. The van der Waals surface area contributed by atoms with Gasteiger partial charge in [-0.2, -0.15) is 0 Å². The van der Waals surface area contributed by atoms with Gasteiger partial charge in [-0.25, -0.2) is 0 Å². The van der Waals surface area contributed by atoms with Gasteiger partial charge in [-0.15, -0.1) is 0 Å². The summed E-state index contributed by atoms with van der Waals surface area (Å²) in [6.45, 7) is 0. The molecule has 4 heteroatoms. The standard InChI is InChI=1S/2C10H8O2/c2*11-8-5-1-3-7-4-2-6-9(12)10(7)8/h2*1-6,11-12H. The van der Waals surface area contributed by atoms with E-state index in [-0.39, 0.29) is 23.0 Å². The predicted molar refractivity (Wildman–Crippen MR) is 94.6 cm³/mol. The zero-order chi connectivity index (χ0) is 17.1. The number of benzene rings is 4. The first-order valence-electron chi connectivity index (χ1n) is 7.37. The summed E-state index contributed by atoms with van der Waals surface area (Å²) >= 11 is 0. The summed E-state index contributed by atoms with van der Waals surface area (Å²) in [6.07, 6.45) is 0. The molecule has 120 valence electrons. The predicted octanol–water partition coefficient (Wildman–Crippen LogP) is 4.50. The van der Waals surface area contributed by atoms with Crippen LogP contribution in [-0.2, 0) is 0 Å². The number of rotatable bonds is 0. The van der Waals surface area contributed by atoms with Gasteiger partial charge in [-0.05, 0) is 35.0 Å². The molecule has 0 atom stereocenters. The zero-order valence-electron chi connectivity index (χ0n) is 12.7. The van der Waals surface area contributed by atoms with Crippen molar-refractivity contribution in [2.24, 2.45) is 0 Å². The van der Waals surface area contributed by atoms with Crippen LogP contribution < -0.4 is 0 Å². The lowest BCUT2D eigenvalue weighted by Gasteiger charge is -2.01. The number of aromatic hydroxyl groups is 4. The fraction of sp³-hybridized carbons (Fsp3) is 0. The average molecular weight is 320 g/mol.